The van der Waals surface area contributed by atoms with Crippen molar-refractivity contribution in [2.24, 2.45) is 0 Å². The Morgan fingerprint density at radius 3 is 1.64 bits per heavy atom. The van der Waals surface area contributed by atoms with E-state index in [1.807, 2.05) is 24.3 Å². The molecule has 0 saturated carbocycles. The molecule has 0 aliphatic heterocycles. The zero-order valence-electron chi connectivity index (χ0n) is 23.7. The Hall–Kier alpha value is -4.79. The standard InChI is InChI=1S/C39H31ClN2/c1-39(2)35-23-10-9-22-34(35)38-36(39)24-13-25-37(38)42(30-17-7-4-8-18-30)33-21-12-20-32(27-33)41(29-15-5-3-6-16-29)31-19-11-14-28(40)26-31/h3-27H,1-2H3. The summed E-state index contributed by atoms with van der Waals surface area (Å²) in [5.41, 5.74) is 11.7. The van der Waals surface area contributed by atoms with E-state index in [-0.39, 0.29) is 5.41 Å². The van der Waals surface area contributed by atoms with E-state index in [9.17, 15) is 0 Å². The lowest BCUT2D eigenvalue weighted by molar-refractivity contribution is 0.660. The minimum absolute atomic E-state index is 0.0805. The molecule has 1 aliphatic rings. The highest BCUT2D eigenvalue weighted by Gasteiger charge is 2.37. The van der Waals surface area contributed by atoms with Crippen molar-refractivity contribution in [3.63, 3.8) is 0 Å². The second-order valence-electron chi connectivity index (χ2n) is 11.2. The highest BCUT2D eigenvalue weighted by molar-refractivity contribution is 6.30. The summed E-state index contributed by atoms with van der Waals surface area (Å²) in [6.07, 6.45) is 0. The average Bonchev–Trinajstić information content (AvgIpc) is 3.26. The Labute approximate surface area is 253 Å². The van der Waals surface area contributed by atoms with Crippen molar-refractivity contribution in [1.29, 1.82) is 0 Å². The Balaban J connectivity index is 1.45. The van der Waals surface area contributed by atoms with Crippen LogP contribution < -0.4 is 9.80 Å². The molecule has 0 aromatic heterocycles. The minimum atomic E-state index is -0.0805. The molecule has 0 N–H and O–H groups in total. The molecule has 0 atom stereocenters. The number of fused-ring (bicyclic) bond motifs is 3. The van der Waals surface area contributed by atoms with Crippen LogP contribution in [0.1, 0.15) is 25.0 Å². The van der Waals surface area contributed by atoms with Crippen LogP contribution >= 0.6 is 11.6 Å². The van der Waals surface area contributed by atoms with Crippen LogP contribution in [0.5, 0.6) is 0 Å². The molecular weight excluding hydrogens is 532 g/mol. The van der Waals surface area contributed by atoms with Crippen molar-refractivity contribution >= 4 is 45.7 Å². The summed E-state index contributed by atoms with van der Waals surface area (Å²) < 4.78 is 0. The number of para-hydroxylation sites is 2. The molecule has 3 heteroatoms. The van der Waals surface area contributed by atoms with Crippen molar-refractivity contribution in [3.05, 3.63) is 168 Å². The number of halogens is 1. The lowest BCUT2D eigenvalue weighted by atomic mass is 9.82. The van der Waals surface area contributed by atoms with Crippen LogP contribution in [0.2, 0.25) is 5.02 Å². The second-order valence-corrected chi connectivity index (χ2v) is 11.6. The van der Waals surface area contributed by atoms with Gasteiger partial charge in [-0.3, -0.25) is 0 Å². The third-order valence-electron chi connectivity index (χ3n) is 8.27. The smallest absolute Gasteiger partial charge is 0.0543 e. The van der Waals surface area contributed by atoms with Crippen LogP contribution in [0.3, 0.4) is 0 Å². The van der Waals surface area contributed by atoms with Crippen LogP contribution in [-0.4, -0.2) is 0 Å². The summed E-state index contributed by atoms with van der Waals surface area (Å²) >= 11 is 6.49. The molecule has 0 spiro atoms. The van der Waals surface area contributed by atoms with Crippen molar-refractivity contribution in [2.45, 2.75) is 19.3 Å². The van der Waals surface area contributed by atoms with E-state index in [1.54, 1.807) is 0 Å². The number of benzene rings is 6. The first-order chi connectivity index (χ1) is 20.5. The third-order valence-corrected chi connectivity index (χ3v) is 8.50. The Kier molecular flexibility index (Phi) is 6.57. The summed E-state index contributed by atoms with van der Waals surface area (Å²) in [5.74, 6) is 0. The molecule has 6 aromatic rings. The van der Waals surface area contributed by atoms with E-state index in [1.165, 1.54) is 27.9 Å². The fourth-order valence-corrected chi connectivity index (χ4v) is 6.52. The van der Waals surface area contributed by atoms with Gasteiger partial charge in [0.25, 0.3) is 0 Å². The highest BCUT2D eigenvalue weighted by atomic mass is 35.5. The van der Waals surface area contributed by atoms with E-state index in [4.69, 9.17) is 11.6 Å². The first kappa shape index (κ1) is 26.1. The number of nitrogens with zero attached hydrogens (tertiary/aromatic N) is 2. The zero-order valence-corrected chi connectivity index (χ0v) is 24.5. The SMILES string of the molecule is CC1(C)c2ccccc2-c2c(N(c3ccccc3)c3cccc(N(c4ccccc4)c4cccc(Cl)c4)c3)cccc21. The fourth-order valence-electron chi connectivity index (χ4n) is 6.34. The normalized spacial score (nSPS) is 12.8. The molecule has 0 fully saturated rings. The van der Waals surface area contributed by atoms with Crippen molar-refractivity contribution in [3.8, 4) is 11.1 Å². The van der Waals surface area contributed by atoms with E-state index in [2.05, 4.69) is 151 Å². The lowest BCUT2D eigenvalue weighted by Gasteiger charge is -2.31. The van der Waals surface area contributed by atoms with Gasteiger partial charge in [0.2, 0.25) is 0 Å². The molecule has 0 bridgehead atoms. The maximum Gasteiger partial charge on any atom is 0.0543 e. The lowest BCUT2D eigenvalue weighted by Crippen LogP contribution is -2.16. The van der Waals surface area contributed by atoms with Gasteiger partial charge in [-0.05, 0) is 83.4 Å². The number of hydrogen-bond acceptors (Lipinski definition) is 2. The Morgan fingerprint density at radius 1 is 0.452 bits per heavy atom. The molecule has 6 aromatic carbocycles. The molecule has 2 nitrogen and oxygen atoms in total. The molecule has 204 valence electrons. The monoisotopic (exact) mass is 562 g/mol. The van der Waals surface area contributed by atoms with Crippen molar-refractivity contribution < 1.29 is 0 Å². The molecule has 1 aliphatic carbocycles. The van der Waals surface area contributed by atoms with Crippen LogP contribution in [0, 0.1) is 0 Å². The topological polar surface area (TPSA) is 6.48 Å². The number of anilines is 6. The number of hydrogen-bond donors (Lipinski definition) is 0. The number of rotatable bonds is 6. The van der Waals surface area contributed by atoms with Gasteiger partial charge in [-0.2, -0.15) is 0 Å². The summed E-state index contributed by atoms with van der Waals surface area (Å²) in [7, 11) is 0. The zero-order chi connectivity index (χ0) is 28.7. The quantitative estimate of drug-likeness (QED) is 0.199. The average molecular weight is 563 g/mol. The maximum absolute atomic E-state index is 6.49. The van der Waals surface area contributed by atoms with Gasteiger partial charge in [-0.15, -0.1) is 0 Å². The van der Waals surface area contributed by atoms with Gasteiger partial charge in [0.15, 0.2) is 0 Å². The summed E-state index contributed by atoms with van der Waals surface area (Å²) in [6, 6.07) is 53.5. The van der Waals surface area contributed by atoms with Crippen molar-refractivity contribution in [2.75, 3.05) is 9.80 Å². The first-order valence-electron chi connectivity index (χ1n) is 14.3. The predicted molar refractivity (Wildman–Crippen MR) is 178 cm³/mol. The van der Waals surface area contributed by atoms with E-state index in [0.717, 1.165) is 28.4 Å². The fraction of sp³-hybridized carbons (Fsp3) is 0.0769. The first-order valence-corrected chi connectivity index (χ1v) is 14.7. The van der Waals surface area contributed by atoms with Crippen LogP contribution in [0.4, 0.5) is 34.1 Å². The van der Waals surface area contributed by atoms with Crippen molar-refractivity contribution in [1.82, 2.24) is 0 Å². The molecule has 0 saturated heterocycles. The largest absolute Gasteiger partial charge is 0.310 e. The summed E-state index contributed by atoms with van der Waals surface area (Å²) in [5, 5.41) is 0.705. The highest BCUT2D eigenvalue weighted by Crippen LogP contribution is 2.54. The van der Waals surface area contributed by atoms with Crippen LogP contribution in [0.15, 0.2) is 152 Å². The molecule has 0 amide bonds. The van der Waals surface area contributed by atoms with Gasteiger partial charge < -0.3 is 9.80 Å². The third kappa shape index (κ3) is 4.45. The summed E-state index contributed by atoms with van der Waals surface area (Å²) in [6.45, 7) is 4.66. The molecular formula is C39H31ClN2. The molecule has 0 heterocycles. The Morgan fingerprint density at radius 2 is 0.952 bits per heavy atom. The Bertz CT molecular complexity index is 1880. The molecule has 42 heavy (non-hydrogen) atoms. The van der Waals surface area contributed by atoms with Gasteiger partial charge in [0.1, 0.15) is 0 Å². The minimum Gasteiger partial charge on any atom is -0.310 e. The van der Waals surface area contributed by atoms with E-state index >= 15 is 0 Å². The van der Waals surface area contributed by atoms with E-state index < -0.39 is 0 Å². The van der Waals surface area contributed by atoms with Gasteiger partial charge in [-0.25, -0.2) is 0 Å². The summed E-state index contributed by atoms with van der Waals surface area (Å²) in [4.78, 5) is 4.65. The van der Waals surface area contributed by atoms with Crippen LogP contribution in [0.25, 0.3) is 11.1 Å². The van der Waals surface area contributed by atoms with Gasteiger partial charge in [0.05, 0.1) is 5.69 Å². The predicted octanol–water partition coefficient (Wildman–Crippen LogP) is 11.6. The van der Waals surface area contributed by atoms with Crippen LogP contribution in [-0.2, 0) is 5.41 Å². The van der Waals surface area contributed by atoms with Gasteiger partial charge >= 0.3 is 0 Å². The second kappa shape index (κ2) is 10.6. The van der Waals surface area contributed by atoms with Gasteiger partial charge in [-0.1, -0.05) is 110 Å². The molecule has 7 rings (SSSR count). The van der Waals surface area contributed by atoms with E-state index in [0.29, 0.717) is 5.02 Å². The molecule has 0 radical (unpaired) electrons. The van der Waals surface area contributed by atoms with Gasteiger partial charge in [0, 0.05) is 44.4 Å². The molecule has 0 unspecified atom stereocenters. The maximum atomic E-state index is 6.49.